The Bertz CT molecular complexity index is 446. The second-order valence-corrected chi connectivity index (χ2v) is 5.69. The molecule has 0 aliphatic heterocycles. The van der Waals surface area contributed by atoms with Crippen LogP contribution in [0.3, 0.4) is 0 Å². The highest BCUT2D eigenvalue weighted by Gasteiger charge is 2.13. The van der Waals surface area contributed by atoms with Crippen LogP contribution in [0.5, 0.6) is 5.88 Å². The Hall–Kier alpha value is -1.56. The maximum Gasteiger partial charge on any atom is 0.242 e. The third kappa shape index (κ3) is 5.67. The fourth-order valence-electron chi connectivity index (χ4n) is 2.20. The molecule has 6 nitrogen and oxygen atoms in total. The lowest BCUT2D eigenvalue weighted by atomic mass is 10.1. The smallest absolute Gasteiger partial charge is 0.242 e. The molecular weight excluding hydrogens is 278 g/mol. The van der Waals surface area contributed by atoms with E-state index in [0.29, 0.717) is 29.9 Å². The molecule has 0 unspecified atom stereocenters. The Morgan fingerprint density at radius 2 is 1.86 bits per heavy atom. The SMILES string of the molecule is CCOc1nc(CC(C)C)nc(NCCN(CC)CC)c1N. The largest absolute Gasteiger partial charge is 0.476 e. The van der Waals surface area contributed by atoms with Gasteiger partial charge in [-0.3, -0.25) is 0 Å². The zero-order valence-corrected chi connectivity index (χ0v) is 14.6. The van der Waals surface area contributed by atoms with Crippen LogP contribution in [0.1, 0.15) is 40.4 Å². The number of hydrogen-bond donors (Lipinski definition) is 2. The molecule has 1 aromatic heterocycles. The van der Waals surface area contributed by atoms with E-state index in [0.717, 1.165) is 38.4 Å². The molecule has 0 aliphatic rings. The minimum Gasteiger partial charge on any atom is -0.476 e. The molecule has 22 heavy (non-hydrogen) atoms. The molecule has 1 rings (SSSR count). The van der Waals surface area contributed by atoms with Crippen LogP contribution in [-0.2, 0) is 6.42 Å². The van der Waals surface area contributed by atoms with Crippen molar-refractivity contribution < 1.29 is 4.74 Å². The maximum atomic E-state index is 6.12. The Morgan fingerprint density at radius 1 is 1.18 bits per heavy atom. The minimum absolute atomic E-state index is 0.485. The molecule has 1 aromatic rings. The van der Waals surface area contributed by atoms with Gasteiger partial charge in [0.05, 0.1) is 6.61 Å². The molecule has 0 aliphatic carbocycles. The molecule has 0 radical (unpaired) electrons. The number of rotatable bonds is 10. The van der Waals surface area contributed by atoms with Gasteiger partial charge in [0, 0.05) is 19.5 Å². The third-order valence-electron chi connectivity index (χ3n) is 3.44. The number of hydrogen-bond acceptors (Lipinski definition) is 6. The van der Waals surface area contributed by atoms with Gasteiger partial charge in [-0.25, -0.2) is 4.98 Å². The number of likely N-dealkylation sites (N-methyl/N-ethyl adjacent to an activating group) is 1. The molecule has 6 heteroatoms. The summed E-state index contributed by atoms with van der Waals surface area (Å²) in [5.41, 5.74) is 6.62. The van der Waals surface area contributed by atoms with Crippen molar-refractivity contribution in [2.24, 2.45) is 5.92 Å². The fraction of sp³-hybridized carbons (Fsp3) is 0.750. The van der Waals surface area contributed by atoms with E-state index < -0.39 is 0 Å². The van der Waals surface area contributed by atoms with Gasteiger partial charge in [0.1, 0.15) is 11.5 Å². The molecule has 0 saturated carbocycles. The third-order valence-corrected chi connectivity index (χ3v) is 3.44. The van der Waals surface area contributed by atoms with Gasteiger partial charge < -0.3 is 20.7 Å². The van der Waals surface area contributed by atoms with Gasteiger partial charge in [-0.15, -0.1) is 0 Å². The van der Waals surface area contributed by atoms with E-state index in [2.05, 4.69) is 47.9 Å². The Balaban J connectivity index is 2.84. The van der Waals surface area contributed by atoms with Gasteiger partial charge in [-0.2, -0.15) is 4.98 Å². The van der Waals surface area contributed by atoms with E-state index in [4.69, 9.17) is 10.5 Å². The Labute approximate surface area is 134 Å². The number of ether oxygens (including phenoxy) is 1. The number of nitrogens with two attached hydrogens (primary N) is 1. The van der Waals surface area contributed by atoms with Crippen molar-refractivity contribution >= 4 is 11.5 Å². The second-order valence-electron chi connectivity index (χ2n) is 5.69. The van der Waals surface area contributed by atoms with Crippen LogP contribution in [0, 0.1) is 5.92 Å². The summed E-state index contributed by atoms with van der Waals surface area (Å²) in [5, 5.41) is 3.33. The summed E-state index contributed by atoms with van der Waals surface area (Å²) in [6, 6.07) is 0. The molecule has 0 spiro atoms. The zero-order valence-electron chi connectivity index (χ0n) is 14.6. The first kappa shape index (κ1) is 18.5. The summed E-state index contributed by atoms with van der Waals surface area (Å²) in [6.07, 6.45) is 0.811. The Kier molecular flexibility index (Phi) is 7.95. The quantitative estimate of drug-likeness (QED) is 0.691. The first-order chi connectivity index (χ1) is 10.5. The minimum atomic E-state index is 0.485. The van der Waals surface area contributed by atoms with Gasteiger partial charge in [0.25, 0.3) is 0 Å². The monoisotopic (exact) mass is 309 g/mol. The average molecular weight is 309 g/mol. The van der Waals surface area contributed by atoms with Crippen LogP contribution >= 0.6 is 0 Å². The molecule has 0 bridgehead atoms. The number of nitrogen functional groups attached to an aromatic ring is 1. The predicted molar refractivity (Wildman–Crippen MR) is 92.4 cm³/mol. The topological polar surface area (TPSA) is 76.3 Å². The zero-order chi connectivity index (χ0) is 16.5. The van der Waals surface area contributed by atoms with E-state index in [1.165, 1.54) is 0 Å². The number of aromatic nitrogens is 2. The van der Waals surface area contributed by atoms with Crippen LogP contribution in [0.2, 0.25) is 0 Å². The summed E-state index contributed by atoms with van der Waals surface area (Å²) in [5.74, 6) is 2.43. The molecule has 0 atom stereocenters. The summed E-state index contributed by atoms with van der Waals surface area (Å²) in [6.45, 7) is 14.9. The van der Waals surface area contributed by atoms with Crippen molar-refractivity contribution in [2.45, 2.75) is 41.0 Å². The van der Waals surface area contributed by atoms with Crippen LogP contribution in [-0.4, -0.2) is 47.7 Å². The normalized spacial score (nSPS) is 11.2. The van der Waals surface area contributed by atoms with E-state index in [-0.39, 0.29) is 0 Å². The van der Waals surface area contributed by atoms with E-state index >= 15 is 0 Å². The van der Waals surface area contributed by atoms with E-state index in [1.807, 2.05) is 6.92 Å². The molecule has 126 valence electrons. The van der Waals surface area contributed by atoms with E-state index in [1.54, 1.807) is 0 Å². The van der Waals surface area contributed by atoms with Gasteiger partial charge in [0.2, 0.25) is 5.88 Å². The highest BCUT2D eigenvalue weighted by molar-refractivity contribution is 5.66. The van der Waals surface area contributed by atoms with Crippen LogP contribution in [0.25, 0.3) is 0 Å². The fourth-order valence-corrected chi connectivity index (χ4v) is 2.20. The number of nitrogens with one attached hydrogen (secondary N) is 1. The van der Waals surface area contributed by atoms with Gasteiger partial charge in [0.15, 0.2) is 5.82 Å². The molecule has 0 aromatic carbocycles. The molecule has 0 saturated heterocycles. The molecule has 0 fully saturated rings. The molecule has 3 N–H and O–H groups in total. The van der Waals surface area contributed by atoms with Crippen molar-refractivity contribution in [3.05, 3.63) is 5.82 Å². The molecular formula is C16H31N5O. The van der Waals surface area contributed by atoms with Gasteiger partial charge in [-0.05, 0) is 25.9 Å². The van der Waals surface area contributed by atoms with Crippen molar-refractivity contribution in [1.82, 2.24) is 14.9 Å². The van der Waals surface area contributed by atoms with Crippen molar-refractivity contribution in [3.8, 4) is 5.88 Å². The first-order valence-electron chi connectivity index (χ1n) is 8.27. The molecule has 0 amide bonds. The predicted octanol–water partition coefficient (Wildman–Crippen LogP) is 2.41. The highest BCUT2D eigenvalue weighted by Crippen LogP contribution is 2.26. The van der Waals surface area contributed by atoms with Gasteiger partial charge >= 0.3 is 0 Å². The highest BCUT2D eigenvalue weighted by atomic mass is 16.5. The Morgan fingerprint density at radius 3 is 2.41 bits per heavy atom. The number of anilines is 2. The number of nitrogens with zero attached hydrogens (tertiary/aromatic N) is 3. The lowest BCUT2D eigenvalue weighted by Crippen LogP contribution is -2.29. The van der Waals surface area contributed by atoms with Crippen molar-refractivity contribution in [2.75, 3.05) is 43.8 Å². The average Bonchev–Trinajstić information content (AvgIpc) is 2.47. The second kappa shape index (κ2) is 9.46. The summed E-state index contributed by atoms with van der Waals surface area (Å²) < 4.78 is 5.54. The van der Waals surface area contributed by atoms with Crippen LogP contribution in [0.15, 0.2) is 0 Å². The van der Waals surface area contributed by atoms with Crippen LogP contribution < -0.4 is 15.8 Å². The van der Waals surface area contributed by atoms with Crippen molar-refractivity contribution in [1.29, 1.82) is 0 Å². The standard InChI is InChI=1S/C16H31N5O/c1-6-21(7-2)10-9-18-15-14(17)16(22-8-3)20-13(19-15)11-12(4)5/h12H,6-11,17H2,1-5H3,(H,18,19,20). The van der Waals surface area contributed by atoms with Crippen LogP contribution in [0.4, 0.5) is 11.5 Å². The molecule has 1 heterocycles. The van der Waals surface area contributed by atoms with Gasteiger partial charge in [-0.1, -0.05) is 27.7 Å². The summed E-state index contributed by atoms with van der Waals surface area (Å²) in [7, 11) is 0. The van der Waals surface area contributed by atoms with E-state index in [9.17, 15) is 0 Å². The summed E-state index contributed by atoms with van der Waals surface area (Å²) in [4.78, 5) is 11.3. The lowest BCUT2D eigenvalue weighted by Gasteiger charge is -2.19. The first-order valence-corrected chi connectivity index (χ1v) is 8.27. The summed E-state index contributed by atoms with van der Waals surface area (Å²) >= 11 is 0. The maximum absolute atomic E-state index is 6.12. The lowest BCUT2D eigenvalue weighted by molar-refractivity contribution is 0.315. The van der Waals surface area contributed by atoms with Crippen molar-refractivity contribution in [3.63, 3.8) is 0 Å².